The molecule has 7 nitrogen and oxygen atoms in total. The van der Waals surface area contributed by atoms with Gasteiger partial charge in [0.15, 0.2) is 0 Å². The fourth-order valence-corrected chi connectivity index (χ4v) is 4.63. The van der Waals surface area contributed by atoms with E-state index in [1.54, 1.807) is 17.2 Å². The molecule has 0 bridgehead atoms. The Morgan fingerprint density at radius 2 is 2.15 bits per heavy atom. The molecule has 27 heavy (non-hydrogen) atoms. The van der Waals surface area contributed by atoms with Crippen LogP contribution in [0.3, 0.4) is 0 Å². The van der Waals surface area contributed by atoms with E-state index in [2.05, 4.69) is 10.3 Å². The number of amides is 3. The smallest absolute Gasteiger partial charge is 0.327 e. The van der Waals surface area contributed by atoms with E-state index in [9.17, 15) is 9.59 Å². The van der Waals surface area contributed by atoms with Crippen molar-refractivity contribution in [1.29, 1.82) is 0 Å². The number of ether oxygens (including phenoxy) is 1. The molecule has 8 heteroatoms. The number of urea groups is 1. The van der Waals surface area contributed by atoms with Crippen molar-refractivity contribution in [3.05, 3.63) is 41.6 Å². The molecule has 1 aromatic heterocycles. The van der Waals surface area contributed by atoms with Gasteiger partial charge in [0, 0.05) is 11.8 Å². The maximum atomic E-state index is 12.9. The van der Waals surface area contributed by atoms with Gasteiger partial charge in [0.2, 0.25) is 5.91 Å². The quantitative estimate of drug-likeness (QED) is 0.844. The summed E-state index contributed by atoms with van der Waals surface area (Å²) in [5.41, 5.74) is 8.74. The van der Waals surface area contributed by atoms with Gasteiger partial charge in [-0.2, -0.15) is 0 Å². The van der Waals surface area contributed by atoms with Crippen molar-refractivity contribution in [2.24, 2.45) is 5.73 Å². The molecule has 2 aromatic rings. The van der Waals surface area contributed by atoms with Crippen LogP contribution < -0.4 is 20.7 Å². The van der Waals surface area contributed by atoms with Crippen LogP contribution in [0.4, 0.5) is 16.2 Å². The van der Waals surface area contributed by atoms with Gasteiger partial charge in [-0.25, -0.2) is 9.78 Å². The summed E-state index contributed by atoms with van der Waals surface area (Å²) in [5, 5.41) is 3.09. The number of aromatic nitrogens is 1. The van der Waals surface area contributed by atoms with E-state index in [4.69, 9.17) is 10.5 Å². The maximum absolute atomic E-state index is 12.9. The number of benzene rings is 1. The van der Waals surface area contributed by atoms with Crippen molar-refractivity contribution >= 4 is 35.1 Å². The molecule has 2 atom stereocenters. The second-order valence-electron chi connectivity index (χ2n) is 6.87. The zero-order chi connectivity index (χ0) is 19.3. The number of aryl methyl sites for hydroxylation is 1. The van der Waals surface area contributed by atoms with Crippen molar-refractivity contribution in [3.63, 3.8) is 0 Å². The standard InChI is InChI=1S/C19H20N4O3S/c1-9(2)26-13-5-4-11(8-10(13)3)23-12-6-7-21-18-14(12)15(22-19(23)25)16(27-18)17(20)24/h4-9,15-16H,1-3H3,(H2,20,24)(H,22,25). The van der Waals surface area contributed by atoms with Crippen LogP contribution in [-0.2, 0) is 4.79 Å². The highest BCUT2D eigenvalue weighted by Gasteiger charge is 2.45. The molecule has 2 aliphatic heterocycles. The predicted octanol–water partition coefficient (Wildman–Crippen LogP) is 3.04. The first-order valence-electron chi connectivity index (χ1n) is 8.69. The fraction of sp³-hybridized carbons (Fsp3) is 0.316. The summed E-state index contributed by atoms with van der Waals surface area (Å²) >= 11 is 1.30. The highest BCUT2D eigenvalue weighted by atomic mass is 32.2. The zero-order valence-electron chi connectivity index (χ0n) is 15.2. The molecule has 2 aliphatic rings. The number of pyridine rings is 1. The van der Waals surface area contributed by atoms with Crippen LogP contribution in [0.1, 0.15) is 31.0 Å². The Morgan fingerprint density at radius 3 is 2.81 bits per heavy atom. The van der Waals surface area contributed by atoms with Gasteiger partial charge >= 0.3 is 6.03 Å². The maximum Gasteiger partial charge on any atom is 0.327 e. The number of primary amides is 1. The van der Waals surface area contributed by atoms with Crippen molar-refractivity contribution < 1.29 is 14.3 Å². The summed E-state index contributed by atoms with van der Waals surface area (Å²) < 4.78 is 5.79. The van der Waals surface area contributed by atoms with E-state index in [-0.39, 0.29) is 12.1 Å². The number of hydrogen-bond acceptors (Lipinski definition) is 5. The highest BCUT2D eigenvalue weighted by Crippen LogP contribution is 2.50. The first-order valence-corrected chi connectivity index (χ1v) is 9.57. The Labute approximate surface area is 161 Å². The third kappa shape index (κ3) is 2.90. The minimum absolute atomic E-state index is 0.0693. The third-order valence-corrected chi connectivity index (χ3v) is 5.87. The van der Waals surface area contributed by atoms with E-state index in [1.165, 1.54) is 11.8 Å². The zero-order valence-corrected chi connectivity index (χ0v) is 16.0. The molecule has 4 rings (SSSR count). The average molecular weight is 384 g/mol. The number of carbonyl (C=O) groups excluding carboxylic acids is 2. The monoisotopic (exact) mass is 384 g/mol. The number of nitrogens with two attached hydrogens (primary N) is 1. The van der Waals surface area contributed by atoms with E-state index in [0.29, 0.717) is 0 Å². The fourth-order valence-electron chi connectivity index (χ4n) is 3.46. The molecule has 2 unspecified atom stereocenters. The number of hydrogen-bond donors (Lipinski definition) is 2. The van der Waals surface area contributed by atoms with E-state index < -0.39 is 17.2 Å². The van der Waals surface area contributed by atoms with E-state index in [0.717, 1.165) is 33.3 Å². The number of rotatable bonds is 4. The Balaban J connectivity index is 1.77. The van der Waals surface area contributed by atoms with Crippen LogP contribution in [-0.4, -0.2) is 28.3 Å². The third-order valence-electron chi connectivity index (χ3n) is 4.57. The summed E-state index contributed by atoms with van der Waals surface area (Å²) in [5.74, 6) is 0.321. The van der Waals surface area contributed by atoms with Gasteiger partial charge in [0.1, 0.15) is 16.0 Å². The van der Waals surface area contributed by atoms with Gasteiger partial charge in [0.05, 0.1) is 23.5 Å². The summed E-state index contributed by atoms with van der Waals surface area (Å²) in [6.45, 7) is 5.89. The lowest BCUT2D eigenvalue weighted by Gasteiger charge is -2.34. The number of carbonyl (C=O) groups is 2. The molecule has 3 amide bonds. The molecule has 0 saturated heterocycles. The number of thioether (sulfide) groups is 1. The molecule has 3 heterocycles. The molecule has 0 fully saturated rings. The van der Waals surface area contributed by atoms with E-state index >= 15 is 0 Å². The van der Waals surface area contributed by atoms with Crippen molar-refractivity contribution in [2.45, 2.75) is 43.2 Å². The molecular weight excluding hydrogens is 364 g/mol. The largest absolute Gasteiger partial charge is 0.491 e. The lowest BCUT2D eigenvalue weighted by atomic mass is 10.00. The normalized spacial score (nSPS) is 20.4. The van der Waals surface area contributed by atoms with Gasteiger partial charge in [-0.05, 0) is 50.6 Å². The molecule has 0 aliphatic carbocycles. The van der Waals surface area contributed by atoms with Gasteiger partial charge in [-0.3, -0.25) is 9.69 Å². The van der Waals surface area contributed by atoms with Crippen molar-refractivity contribution in [1.82, 2.24) is 10.3 Å². The summed E-state index contributed by atoms with van der Waals surface area (Å²) in [4.78, 5) is 30.7. The molecule has 3 N–H and O–H groups in total. The average Bonchev–Trinajstić information content (AvgIpc) is 2.97. The second-order valence-corrected chi connectivity index (χ2v) is 8.00. The van der Waals surface area contributed by atoms with Crippen LogP contribution >= 0.6 is 11.8 Å². The Hall–Kier alpha value is -2.74. The van der Waals surface area contributed by atoms with Gasteiger partial charge in [-0.1, -0.05) is 11.8 Å². The number of anilines is 2. The Bertz CT molecular complexity index is 947. The SMILES string of the molecule is Cc1cc(N2C(=O)NC3c4c2ccnc4SC3C(N)=O)ccc1OC(C)C. The van der Waals surface area contributed by atoms with Gasteiger partial charge < -0.3 is 15.8 Å². The minimum Gasteiger partial charge on any atom is -0.491 e. The van der Waals surface area contributed by atoms with Crippen LogP contribution in [0, 0.1) is 6.92 Å². The molecule has 140 valence electrons. The lowest BCUT2D eigenvalue weighted by molar-refractivity contribution is -0.117. The number of nitrogens with zero attached hydrogens (tertiary/aromatic N) is 2. The van der Waals surface area contributed by atoms with Crippen LogP contribution in [0.25, 0.3) is 0 Å². The summed E-state index contributed by atoms with van der Waals surface area (Å²) in [6, 6.07) is 6.67. The van der Waals surface area contributed by atoms with Crippen LogP contribution in [0.15, 0.2) is 35.5 Å². The van der Waals surface area contributed by atoms with Crippen molar-refractivity contribution in [3.8, 4) is 5.75 Å². The molecular formula is C19H20N4O3S. The molecule has 0 spiro atoms. The Kier molecular flexibility index (Phi) is 4.22. The lowest BCUT2D eigenvalue weighted by Crippen LogP contribution is -2.48. The van der Waals surface area contributed by atoms with Gasteiger partial charge in [-0.15, -0.1) is 0 Å². The van der Waals surface area contributed by atoms with Crippen molar-refractivity contribution in [2.75, 3.05) is 4.90 Å². The van der Waals surface area contributed by atoms with E-state index in [1.807, 2.05) is 39.0 Å². The predicted molar refractivity (Wildman–Crippen MR) is 103 cm³/mol. The molecule has 0 saturated carbocycles. The minimum atomic E-state index is -0.552. The topological polar surface area (TPSA) is 97.5 Å². The molecule has 0 radical (unpaired) electrons. The summed E-state index contributed by atoms with van der Waals surface area (Å²) in [6.07, 6.45) is 1.72. The second kappa shape index (κ2) is 6.45. The molecule has 1 aromatic carbocycles. The number of nitrogens with one attached hydrogen (secondary N) is 1. The van der Waals surface area contributed by atoms with Gasteiger partial charge in [0.25, 0.3) is 0 Å². The van der Waals surface area contributed by atoms with Crippen LogP contribution in [0.2, 0.25) is 0 Å². The highest BCUT2D eigenvalue weighted by molar-refractivity contribution is 8.01. The first-order chi connectivity index (χ1) is 12.9. The Morgan fingerprint density at radius 1 is 1.37 bits per heavy atom. The van der Waals surface area contributed by atoms with Crippen LogP contribution in [0.5, 0.6) is 5.75 Å². The summed E-state index contributed by atoms with van der Waals surface area (Å²) in [7, 11) is 0. The first kappa shape index (κ1) is 17.7.